The lowest BCUT2D eigenvalue weighted by Crippen LogP contribution is -2.42. The molecule has 7 heteroatoms. The Morgan fingerprint density at radius 2 is 1.91 bits per heavy atom. The number of hydrogen-bond donors (Lipinski definition) is 0. The van der Waals surface area contributed by atoms with E-state index in [2.05, 4.69) is 28.7 Å². The molecule has 0 aliphatic carbocycles. The average Bonchev–Trinajstić information content (AvgIpc) is 3.10. The first-order chi connectivity index (χ1) is 15.8. The van der Waals surface area contributed by atoms with E-state index in [9.17, 15) is 9.59 Å². The van der Waals surface area contributed by atoms with Crippen LogP contribution in [0, 0.1) is 6.92 Å². The Labute approximate surface area is 192 Å². The fraction of sp³-hybridized carbons (Fsp3) is 0.269. The Morgan fingerprint density at radius 1 is 1.09 bits per heavy atom. The van der Waals surface area contributed by atoms with Gasteiger partial charge in [0.25, 0.3) is 5.56 Å². The number of pyridine rings is 2. The Balaban J connectivity index is 1.52. The van der Waals surface area contributed by atoms with Crippen molar-refractivity contribution in [3.05, 3.63) is 82.0 Å². The Kier molecular flexibility index (Phi) is 5.04. The number of aryl methyl sites for hydroxylation is 2. The maximum atomic E-state index is 13.0. The third-order valence-electron chi connectivity index (χ3n) is 6.45. The van der Waals surface area contributed by atoms with E-state index in [-0.39, 0.29) is 11.6 Å². The lowest BCUT2D eigenvalue weighted by molar-refractivity contribution is 0.165. The van der Waals surface area contributed by atoms with E-state index in [0.717, 1.165) is 39.8 Å². The number of benzene rings is 1. The van der Waals surface area contributed by atoms with Gasteiger partial charge in [-0.05, 0) is 36.8 Å². The second-order valence-electron chi connectivity index (χ2n) is 8.88. The fourth-order valence-corrected chi connectivity index (χ4v) is 4.65. The van der Waals surface area contributed by atoms with Crippen LogP contribution in [0.4, 0.5) is 4.79 Å². The van der Waals surface area contributed by atoms with Crippen LogP contribution in [0.5, 0.6) is 0 Å². The molecule has 4 aromatic rings. The van der Waals surface area contributed by atoms with Crippen LogP contribution in [0.1, 0.15) is 16.8 Å². The molecular weight excluding hydrogens is 414 g/mol. The second kappa shape index (κ2) is 7.92. The molecule has 1 aliphatic heterocycles. The molecule has 0 bridgehead atoms. The van der Waals surface area contributed by atoms with Crippen LogP contribution < -0.4 is 5.56 Å². The van der Waals surface area contributed by atoms with Crippen molar-refractivity contribution in [3.63, 3.8) is 0 Å². The predicted octanol–water partition coefficient (Wildman–Crippen LogP) is 3.74. The minimum absolute atomic E-state index is 0.0315. The zero-order valence-electron chi connectivity index (χ0n) is 19.4. The van der Waals surface area contributed by atoms with E-state index in [1.165, 1.54) is 11.3 Å². The first kappa shape index (κ1) is 21.0. The summed E-state index contributed by atoms with van der Waals surface area (Å²) in [6.07, 6.45) is 4.42. The summed E-state index contributed by atoms with van der Waals surface area (Å²) in [6.45, 7) is 3.29. The number of carbonyl (C=O) groups is 1. The summed E-state index contributed by atoms with van der Waals surface area (Å²) in [7, 11) is 5.62. The maximum Gasteiger partial charge on any atom is 0.319 e. The van der Waals surface area contributed by atoms with Gasteiger partial charge < -0.3 is 14.4 Å². The van der Waals surface area contributed by atoms with Crippen molar-refractivity contribution in [1.29, 1.82) is 0 Å². The summed E-state index contributed by atoms with van der Waals surface area (Å²) < 4.78 is 3.85. The van der Waals surface area contributed by atoms with E-state index in [1.807, 2.05) is 36.1 Å². The Hall–Kier alpha value is -3.87. The SMILES string of the molecule is Cc1ccc(-c2ccn(-c3ccc4c5c(n(C)c4c3)CCN(C(=O)N(C)C)C5)c(=O)c2)nc1. The largest absolute Gasteiger partial charge is 0.347 e. The Bertz CT molecular complexity index is 1430. The van der Waals surface area contributed by atoms with Crippen LogP contribution >= 0.6 is 0 Å². The molecule has 0 spiro atoms. The van der Waals surface area contributed by atoms with Gasteiger partial charge in [0.15, 0.2) is 0 Å². The molecule has 168 valence electrons. The zero-order chi connectivity index (χ0) is 23.3. The van der Waals surface area contributed by atoms with Gasteiger partial charge in [-0.1, -0.05) is 12.1 Å². The van der Waals surface area contributed by atoms with E-state index < -0.39 is 0 Å². The Morgan fingerprint density at radius 3 is 2.61 bits per heavy atom. The number of hydrogen-bond acceptors (Lipinski definition) is 3. The second-order valence-corrected chi connectivity index (χ2v) is 8.88. The topological polar surface area (TPSA) is 63.4 Å². The molecular formula is C26H27N5O2. The summed E-state index contributed by atoms with van der Waals surface area (Å²) in [5, 5.41) is 1.13. The summed E-state index contributed by atoms with van der Waals surface area (Å²) >= 11 is 0. The highest BCUT2D eigenvalue weighted by Gasteiger charge is 2.26. The van der Waals surface area contributed by atoms with E-state index >= 15 is 0 Å². The van der Waals surface area contributed by atoms with Gasteiger partial charge in [0.1, 0.15) is 0 Å². The van der Waals surface area contributed by atoms with Crippen LogP contribution in [-0.2, 0) is 20.0 Å². The average molecular weight is 442 g/mol. The molecule has 0 saturated carbocycles. The van der Waals surface area contributed by atoms with Gasteiger partial charge in [-0.25, -0.2) is 4.79 Å². The highest BCUT2D eigenvalue weighted by molar-refractivity contribution is 5.88. The molecule has 4 heterocycles. The zero-order valence-corrected chi connectivity index (χ0v) is 19.4. The van der Waals surface area contributed by atoms with Gasteiger partial charge in [-0.2, -0.15) is 0 Å². The molecule has 0 saturated heterocycles. The minimum Gasteiger partial charge on any atom is -0.347 e. The number of rotatable bonds is 2. The van der Waals surface area contributed by atoms with E-state index in [4.69, 9.17) is 0 Å². The lowest BCUT2D eigenvalue weighted by Gasteiger charge is -2.30. The normalized spacial score (nSPS) is 13.3. The molecule has 0 N–H and O–H groups in total. The van der Waals surface area contributed by atoms with E-state index in [0.29, 0.717) is 13.1 Å². The first-order valence-corrected chi connectivity index (χ1v) is 11.1. The summed E-state index contributed by atoms with van der Waals surface area (Å²) in [5.74, 6) is 0. The van der Waals surface area contributed by atoms with Crippen molar-refractivity contribution in [2.24, 2.45) is 7.05 Å². The molecule has 7 nitrogen and oxygen atoms in total. The van der Waals surface area contributed by atoms with Crippen LogP contribution in [0.2, 0.25) is 0 Å². The molecule has 33 heavy (non-hydrogen) atoms. The van der Waals surface area contributed by atoms with Gasteiger partial charge in [-0.15, -0.1) is 0 Å². The molecule has 0 radical (unpaired) electrons. The van der Waals surface area contributed by atoms with Gasteiger partial charge in [0.2, 0.25) is 0 Å². The van der Waals surface area contributed by atoms with Gasteiger partial charge >= 0.3 is 6.03 Å². The number of aromatic nitrogens is 3. The molecule has 1 aliphatic rings. The molecule has 0 unspecified atom stereocenters. The lowest BCUT2D eigenvalue weighted by atomic mass is 10.0. The van der Waals surface area contributed by atoms with Crippen molar-refractivity contribution >= 4 is 16.9 Å². The monoisotopic (exact) mass is 441 g/mol. The number of fused-ring (bicyclic) bond motifs is 3. The first-order valence-electron chi connectivity index (χ1n) is 11.1. The van der Waals surface area contributed by atoms with E-state index in [1.54, 1.807) is 42.0 Å². The summed E-state index contributed by atoms with van der Waals surface area (Å²) in [4.78, 5) is 33.4. The number of nitrogens with zero attached hydrogens (tertiary/aromatic N) is 5. The summed E-state index contributed by atoms with van der Waals surface area (Å²) in [5.41, 5.74) is 6.88. The third kappa shape index (κ3) is 3.59. The molecule has 5 rings (SSSR count). The predicted molar refractivity (Wildman–Crippen MR) is 130 cm³/mol. The van der Waals surface area contributed by atoms with Gasteiger partial charge in [0.05, 0.1) is 16.9 Å². The molecule has 1 aromatic carbocycles. The maximum absolute atomic E-state index is 13.0. The third-order valence-corrected chi connectivity index (χ3v) is 6.45. The highest BCUT2D eigenvalue weighted by Crippen LogP contribution is 2.31. The highest BCUT2D eigenvalue weighted by atomic mass is 16.2. The van der Waals surface area contributed by atoms with Crippen molar-refractivity contribution in [2.75, 3.05) is 20.6 Å². The quantitative estimate of drug-likeness (QED) is 0.476. The molecule has 3 aromatic heterocycles. The van der Waals surface area contributed by atoms with Crippen LogP contribution in [-0.4, -0.2) is 50.6 Å². The number of urea groups is 1. The van der Waals surface area contributed by atoms with Crippen molar-refractivity contribution in [1.82, 2.24) is 23.9 Å². The fourth-order valence-electron chi connectivity index (χ4n) is 4.65. The minimum atomic E-state index is -0.101. The van der Waals surface area contributed by atoms with Gasteiger partial charge in [-0.3, -0.25) is 14.3 Å². The standard InChI is InChI=1S/C26H27N5O2/c1-17-5-8-22(27-15-17)18-9-12-31(25(32)13-18)19-6-7-20-21-16-30(26(33)28(2)3)11-10-23(21)29(4)24(20)14-19/h5-9,12-15H,10-11,16H2,1-4H3. The van der Waals surface area contributed by atoms with Crippen molar-refractivity contribution in [2.45, 2.75) is 19.9 Å². The van der Waals surface area contributed by atoms with Crippen LogP contribution in [0.25, 0.3) is 27.8 Å². The molecule has 0 atom stereocenters. The summed E-state index contributed by atoms with van der Waals surface area (Å²) in [6, 6.07) is 13.6. The van der Waals surface area contributed by atoms with Gasteiger partial charge in [0, 0.05) is 81.3 Å². The van der Waals surface area contributed by atoms with Crippen LogP contribution in [0.3, 0.4) is 0 Å². The van der Waals surface area contributed by atoms with Crippen molar-refractivity contribution in [3.8, 4) is 16.9 Å². The van der Waals surface area contributed by atoms with Crippen LogP contribution in [0.15, 0.2) is 59.7 Å². The molecule has 2 amide bonds. The number of amides is 2. The smallest absolute Gasteiger partial charge is 0.319 e. The number of carbonyl (C=O) groups excluding carboxylic acids is 1. The molecule has 0 fully saturated rings. The van der Waals surface area contributed by atoms with Crippen molar-refractivity contribution < 1.29 is 4.79 Å².